The lowest BCUT2D eigenvalue weighted by atomic mass is 9.96. The molecule has 0 heterocycles. The predicted octanol–water partition coefficient (Wildman–Crippen LogP) is 0.795. The maximum atomic E-state index is 11.2. The number of esters is 1. The summed E-state index contributed by atoms with van der Waals surface area (Å²) in [5.41, 5.74) is 0. The highest BCUT2D eigenvalue weighted by Gasteiger charge is 2.32. The molecular formula is C9H17NO2. The number of methoxy groups -OCH3 is 1. The van der Waals surface area contributed by atoms with E-state index in [0.717, 1.165) is 25.8 Å². The molecule has 1 aliphatic rings. The summed E-state index contributed by atoms with van der Waals surface area (Å²) in [5, 5.41) is 3.11. The van der Waals surface area contributed by atoms with Gasteiger partial charge >= 0.3 is 5.97 Å². The SMILES string of the molecule is CNC[C@@H]1CCC[C@@H]1C(=O)OC. The molecule has 3 heteroatoms. The Morgan fingerprint density at radius 3 is 2.92 bits per heavy atom. The first-order valence-corrected chi connectivity index (χ1v) is 4.52. The van der Waals surface area contributed by atoms with E-state index in [9.17, 15) is 4.79 Å². The molecule has 0 unspecified atom stereocenters. The molecule has 0 bridgehead atoms. The summed E-state index contributed by atoms with van der Waals surface area (Å²) in [7, 11) is 3.39. The molecule has 3 nitrogen and oxygen atoms in total. The maximum absolute atomic E-state index is 11.2. The van der Waals surface area contributed by atoms with E-state index in [4.69, 9.17) is 4.74 Å². The molecule has 2 atom stereocenters. The zero-order valence-corrected chi connectivity index (χ0v) is 7.80. The van der Waals surface area contributed by atoms with E-state index >= 15 is 0 Å². The van der Waals surface area contributed by atoms with Crippen molar-refractivity contribution in [2.24, 2.45) is 11.8 Å². The Labute approximate surface area is 73.5 Å². The van der Waals surface area contributed by atoms with Gasteiger partial charge in [0, 0.05) is 0 Å². The smallest absolute Gasteiger partial charge is 0.308 e. The minimum Gasteiger partial charge on any atom is -0.469 e. The summed E-state index contributed by atoms with van der Waals surface area (Å²) in [5.74, 6) is 0.595. The van der Waals surface area contributed by atoms with Crippen LogP contribution < -0.4 is 5.32 Å². The number of hydrogen-bond donors (Lipinski definition) is 1. The molecule has 0 aromatic carbocycles. The van der Waals surface area contributed by atoms with Crippen molar-refractivity contribution in [2.75, 3.05) is 20.7 Å². The molecule has 12 heavy (non-hydrogen) atoms. The van der Waals surface area contributed by atoms with Crippen LogP contribution >= 0.6 is 0 Å². The monoisotopic (exact) mass is 171 g/mol. The minimum atomic E-state index is -0.0345. The summed E-state index contributed by atoms with van der Waals surface area (Å²) < 4.78 is 4.74. The zero-order valence-electron chi connectivity index (χ0n) is 7.80. The van der Waals surface area contributed by atoms with E-state index in [2.05, 4.69) is 5.32 Å². The molecule has 0 aliphatic heterocycles. The molecular weight excluding hydrogens is 154 g/mol. The normalized spacial score (nSPS) is 28.8. The van der Waals surface area contributed by atoms with Gasteiger partial charge in [-0.1, -0.05) is 6.42 Å². The Hall–Kier alpha value is -0.570. The number of hydrogen-bond acceptors (Lipinski definition) is 3. The van der Waals surface area contributed by atoms with Crippen LogP contribution in [0.25, 0.3) is 0 Å². The first-order chi connectivity index (χ1) is 5.79. The van der Waals surface area contributed by atoms with Crippen LogP contribution in [0.3, 0.4) is 0 Å². The number of carbonyl (C=O) groups excluding carboxylic acids is 1. The predicted molar refractivity (Wildman–Crippen MR) is 46.8 cm³/mol. The molecule has 1 saturated carbocycles. The fourth-order valence-corrected chi connectivity index (χ4v) is 2.01. The van der Waals surface area contributed by atoms with Gasteiger partial charge in [0.15, 0.2) is 0 Å². The highest BCUT2D eigenvalue weighted by atomic mass is 16.5. The quantitative estimate of drug-likeness (QED) is 0.638. The molecule has 0 aromatic heterocycles. The maximum Gasteiger partial charge on any atom is 0.308 e. The Kier molecular flexibility index (Phi) is 3.53. The molecule has 0 spiro atoms. The number of rotatable bonds is 3. The van der Waals surface area contributed by atoms with Crippen molar-refractivity contribution in [1.82, 2.24) is 5.32 Å². The molecule has 1 fully saturated rings. The van der Waals surface area contributed by atoms with Crippen LogP contribution in [0.5, 0.6) is 0 Å². The van der Waals surface area contributed by atoms with Crippen LogP contribution in [0.1, 0.15) is 19.3 Å². The molecule has 0 saturated heterocycles. The molecule has 0 radical (unpaired) electrons. The van der Waals surface area contributed by atoms with Crippen LogP contribution in [0, 0.1) is 11.8 Å². The van der Waals surface area contributed by atoms with Crippen LogP contribution in [0.15, 0.2) is 0 Å². The average Bonchev–Trinajstić information content (AvgIpc) is 2.52. The first-order valence-electron chi connectivity index (χ1n) is 4.52. The summed E-state index contributed by atoms with van der Waals surface area (Å²) in [6.45, 7) is 0.930. The second-order valence-corrected chi connectivity index (χ2v) is 3.38. The number of carbonyl (C=O) groups is 1. The van der Waals surface area contributed by atoms with Gasteiger partial charge in [0.25, 0.3) is 0 Å². The largest absolute Gasteiger partial charge is 0.469 e. The van der Waals surface area contributed by atoms with Crippen LogP contribution in [0.2, 0.25) is 0 Å². The Morgan fingerprint density at radius 2 is 2.33 bits per heavy atom. The summed E-state index contributed by atoms with van der Waals surface area (Å²) >= 11 is 0. The third-order valence-electron chi connectivity index (χ3n) is 2.63. The van der Waals surface area contributed by atoms with Crippen molar-refractivity contribution < 1.29 is 9.53 Å². The molecule has 0 amide bonds. The van der Waals surface area contributed by atoms with E-state index in [1.165, 1.54) is 7.11 Å². The summed E-state index contributed by atoms with van der Waals surface area (Å²) in [6.07, 6.45) is 3.31. The van der Waals surface area contributed by atoms with E-state index in [0.29, 0.717) is 5.92 Å². The highest BCUT2D eigenvalue weighted by Crippen LogP contribution is 2.31. The van der Waals surface area contributed by atoms with Gasteiger partial charge in [-0.15, -0.1) is 0 Å². The lowest BCUT2D eigenvalue weighted by molar-refractivity contribution is -0.146. The van der Waals surface area contributed by atoms with E-state index < -0.39 is 0 Å². The zero-order chi connectivity index (χ0) is 8.97. The molecule has 1 N–H and O–H groups in total. The van der Waals surface area contributed by atoms with Gasteiger partial charge in [-0.3, -0.25) is 4.79 Å². The van der Waals surface area contributed by atoms with Crippen molar-refractivity contribution in [1.29, 1.82) is 0 Å². The van der Waals surface area contributed by atoms with Gasteiger partial charge in [0.05, 0.1) is 13.0 Å². The van der Waals surface area contributed by atoms with E-state index in [-0.39, 0.29) is 11.9 Å². The number of nitrogens with one attached hydrogen (secondary N) is 1. The third-order valence-corrected chi connectivity index (χ3v) is 2.63. The van der Waals surface area contributed by atoms with Gasteiger partial charge in [-0.25, -0.2) is 0 Å². The Bertz CT molecular complexity index is 159. The summed E-state index contributed by atoms with van der Waals surface area (Å²) in [4.78, 5) is 11.2. The van der Waals surface area contributed by atoms with Gasteiger partial charge in [0.2, 0.25) is 0 Å². The highest BCUT2D eigenvalue weighted by molar-refractivity contribution is 5.73. The topological polar surface area (TPSA) is 38.3 Å². The van der Waals surface area contributed by atoms with Crippen molar-refractivity contribution >= 4 is 5.97 Å². The van der Waals surface area contributed by atoms with Gasteiger partial charge in [0.1, 0.15) is 0 Å². The Morgan fingerprint density at radius 1 is 1.58 bits per heavy atom. The fraction of sp³-hybridized carbons (Fsp3) is 0.889. The van der Waals surface area contributed by atoms with Gasteiger partial charge in [-0.2, -0.15) is 0 Å². The number of ether oxygens (including phenoxy) is 1. The minimum absolute atomic E-state index is 0.0345. The standard InChI is InChI=1S/C9H17NO2/c1-10-6-7-4-3-5-8(7)9(11)12-2/h7-8,10H,3-6H2,1-2H3/t7-,8-/m0/s1. The average molecular weight is 171 g/mol. The van der Waals surface area contributed by atoms with Crippen molar-refractivity contribution in [2.45, 2.75) is 19.3 Å². The van der Waals surface area contributed by atoms with Crippen molar-refractivity contribution in [3.63, 3.8) is 0 Å². The fourth-order valence-electron chi connectivity index (χ4n) is 2.01. The van der Waals surface area contributed by atoms with Crippen LogP contribution in [-0.4, -0.2) is 26.7 Å². The van der Waals surface area contributed by atoms with Crippen LogP contribution in [0.4, 0.5) is 0 Å². The second-order valence-electron chi connectivity index (χ2n) is 3.38. The lowest BCUT2D eigenvalue weighted by Gasteiger charge is -2.16. The van der Waals surface area contributed by atoms with Gasteiger partial charge in [-0.05, 0) is 32.4 Å². The van der Waals surface area contributed by atoms with Crippen LogP contribution in [-0.2, 0) is 9.53 Å². The second kappa shape index (κ2) is 4.45. The Balaban J connectivity index is 2.45. The molecule has 70 valence electrons. The first kappa shape index (κ1) is 9.52. The molecule has 1 aliphatic carbocycles. The molecule has 1 rings (SSSR count). The van der Waals surface area contributed by atoms with Gasteiger partial charge < -0.3 is 10.1 Å². The van der Waals surface area contributed by atoms with Crippen molar-refractivity contribution in [3.05, 3.63) is 0 Å². The van der Waals surface area contributed by atoms with E-state index in [1.54, 1.807) is 0 Å². The molecule has 0 aromatic rings. The third kappa shape index (κ3) is 1.97. The lowest BCUT2D eigenvalue weighted by Crippen LogP contribution is -2.27. The van der Waals surface area contributed by atoms with Crippen molar-refractivity contribution in [3.8, 4) is 0 Å². The summed E-state index contributed by atoms with van der Waals surface area (Å²) in [6, 6.07) is 0. The van der Waals surface area contributed by atoms with E-state index in [1.807, 2.05) is 7.05 Å².